The molecule has 0 unspecified atom stereocenters. The van der Waals surface area contributed by atoms with Gasteiger partial charge in [0, 0.05) is 11.3 Å². The Kier molecular flexibility index (Phi) is 5.86. The van der Waals surface area contributed by atoms with Crippen LogP contribution in [0.25, 0.3) is 10.2 Å². The summed E-state index contributed by atoms with van der Waals surface area (Å²) in [5.74, 6) is -0.167. The molecule has 9 heteroatoms. The number of rotatable bonds is 6. The molecule has 0 aliphatic carbocycles. The standard InChI is InChI=1S/C19H20N4O4S/c1-5-27-19(25)15-11(3)14-16(20-9-21-18(14)28-15)22-13-8-12(7-6-10(13)2)17(24)23-26-4/h6-9H,5H2,1-4H3,(H,23,24)(H,20,21,22). The van der Waals surface area contributed by atoms with Crippen LogP contribution in [0.15, 0.2) is 24.5 Å². The SMILES string of the molecule is CCOC(=O)c1sc2ncnc(Nc3cc(C(=O)NOC)ccc3C)c2c1C. The first-order chi connectivity index (χ1) is 13.5. The van der Waals surface area contributed by atoms with Crippen LogP contribution in [0, 0.1) is 13.8 Å². The lowest BCUT2D eigenvalue weighted by Gasteiger charge is -2.12. The molecule has 0 atom stereocenters. The zero-order valence-corrected chi connectivity index (χ0v) is 16.8. The number of carbonyl (C=O) groups excluding carboxylic acids is 2. The third kappa shape index (κ3) is 3.80. The molecule has 0 saturated carbocycles. The highest BCUT2D eigenvalue weighted by Gasteiger charge is 2.20. The van der Waals surface area contributed by atoms with Gasteiger partial charge in [0.05, 0.1) is 19.1 Å². The van der Waals surface area contributed by atoms with Crippen molar-refractivity contribution in [2.45, 2.75) is 20.8 Å². The second-order valence-electron chi connectivity index (χ2n) is 5.97. The van der Waals surface area contributed by atoms with Crippen LogP contribution in [0.2, 0.25) is 0 Å². The van der Waals surface area contributed by atoms with E-state index in [4.69, 9.17) is 4.74 Å². The zero-order valence-electron chi connectivity index (χ0n) is 16.0. The Labute approximate surface area is 165 Å². The van der Waals surface area contributed by atoms with Gasteiger partial charge in [-0.1, -0.05) is 6.07 Å². The number of carbonyl (C=O) groups is 2. The van der Waals surface area contributed by atoms with Crippen molar-refractivity contribution >= 4 is 44.9 Å². The molecule has 1 amide bonds. The first kappa shape index (κ1) is 19.7. The molecule has 2 aromatic heterocycles. The summed E-state index contributed by atoms with van der Waals surface area (Å²) >= 11 is 1.27. The number of thiophene rings is 1. The fourth-order valence-electron chi connectivity index (χ4n) is 2.73. The molecule has 146 valence electrons. The van der Waals surface area contributed by atoms with E-state index in [2.05, 4.69) is 25.6 Å². The Morgan fingerprint density at radius 3 is 2.71 bits per heavy atom. The van der Waals surface area contributed by atoms with Crippen LogP contribution in [-0.4, -0.2) is 35.6 Å². The lowest BCUT2D eigenvalue weighted by molar-refractivity contribution is 0.0527. The van der Waals surface area contributed by atoms with Crippen molar-refractivity contribution in [3.05, 3.63) is 46.1 Å². The van der Waals surface area contributed by atoms with Crippen LogP contribution in [0.1, 0.15) is 38.1 Å². The van der Waals surface area contributed by atoms with E-state index in [0.717, 1.165) is 16.5 Å². The van der Waals surface area contributed by atoms with E-state index in [9.17, 15) is 9.59 Å². The molecule has 0 fully saturated rings. The summed E-state index contributed by atoms with van der Waals surface area (Å²) in [5.41, 5.74) is 5.14. The quantitative estimate of drug-likeness (QED) is 0.482. The number of nitrogens with zero attached hydrogens (tertiary/aromatic N) is 2. The predicted octanol–water partition coefficient (Wildman–Crippen LogP) is 3.52. The van der Waals surface area contributed by atoms with E-state index < -0.39 is 0 Å². The number of amides is 1. The average Bonchev–Trinajstić information content (AvgIpc) is 3.02. The highest BCUT2D eigenvalue weighted by atomic mass is 32.1. The van der Waals surface area contributed by atoms with Gasteiger partial charge in [0.2, 0.25) is 0 Å². The van der Waals surface area contributed by atoms with Gasteiger partial charge in [-0.05, 0) is 44.0 Å². The van der Waals surface area contributed by atoms with Crippen LogP contribution in [0.5, 0.6) is 0 Å². The minimum atomic E-state index is -0.372. The van der Waals surface area contributed by atoms with Crippen LogP contribution < -0.4 is 10.8 Å². The fourth-order valence-corrected chi connectivity index (χ4v) is 3.78. The number of aromatic nitrogens is 2. The van der Waals surface area contributed by atoms with Crippen molar-refractivity contribution in [3.8, 4) is 0 Å². The largest absolute Gasteiger partial charge is 0.462 e. The molecular formula is C19H20N4O4S. The summed E-state index contributed by atoms with van der Waals surface area (Å²) in [7, 11) is 1.38. The highest BCUT2D eigenvalue weighted by Crippen LogP contribution is 2.35. The average molecular weight is 400 g/mol. The fraction of sp³-hybridized carbons (Fsp3) is 0.263. The summed E-state index contributed by atoms with van der Waals surface area (Å²) in [6, 6.07) is 5.25. The van der Waals surface area contributed by atoms with Crippen molar-refractivity contribution in [1.29, 1.82) is 0 Å². The van der Waals surface area contributed by atoms with E-state index in [1.54, 1.807) is 19.1 Å². The number of hydrogen-bond acceptors (Lipinski definition) is 8. The van der Waals surface area contributed by atoms with Crippen LogP contribution in [0.4, 0.5) is 11.5 Å². The smallest absolute Gasteiger partial charge is 0.348 e. The summed E-state index contributed by atoms with van der Waals surface area (Å²) in [5, 5.41) is 4.01. The third-order valence-electron chi connectivity index (χ3n) is 4.14. The molecule has 0 bridgehead atoms. The molecule has 0 aliphatic heterocycles. The summed E-state index contributed by atoms with van der Waals surface area (Å²) in [4.78, 5) is 38.7. The second-order valence-corrected chi connectivity index (χ2v) is 6.97. The Morgan fingerprint density at radius 2 is 2.00 bits per heavy atom. The maximum absolute atomic E-state index is 12.2. The number of ether oxygens (including phenoxy) is 1. The van der Waals surface area contributed by atoms with Gasteiger partial charge in [-0.15, -0.1) is 11.3 Å². The van der Waals surface area contributed by atoms with Crippen molar-refractivity contribution in [1.82, 2.24) is 15.4 Å². The molecule has 8 nitrogen and oxygen atoms in total. The van der Waals surface area contributed by atoms with Gasteiger partial charge < -0.3 is 10.1 Å². The summed E-state index contributed by atoms with van der Waals surface area (Å²) in [6.07, 6.45) is 1.44. The van der Waals surface area contributed by atoms with E-state index >= 15 is 0 Å². The van der Waals surface area contributed by atoms with E-state index in [1.807, 2.05) is 19.9 Å². The number of fused-ring (bicyclic) bond motifs is 1. The van der Waals surface area contributed by atoms with E-state index in [-0.39, 0.29) is 11.9 Å². The number of hydroxylamine groups is 1. The molecule has 3 aromatic rings. The van der Waals surface area contributed by atoms with Gasteiger partial charge >= 0.3 is 5.97 Å². The Morgan fingerprint density at radius 1 is 1.21 bits per heavy atom. The van der Waals surface area contributed by atoms with Crippen molar-refractivity contribution in [2.75, 3.05) is 19.0 Å². The van der Waals surface area contributed by atoms with Gasteiger partial charge in [0.25, 0.3) is 5.91 Å². The molecule has 0 aliphatic rings. The topological polar surface area (TPSA) is 102 Å². The minimum absolute atomic E-state index is 0.304. The Hall–Kier alpha value is -3.04. The summed E-state index contributed by atoms with van der Waals surface area (Å²) in [6.45, 7) is 5.83. The lowest BCUT2D eigenvalue weighted by atomic mass is 10.1. The molecule has 2 N–H and O–H groups in total. The molecular weight excluding hydrogens is 380 g/mol. The van der Waals surface area contributed by atoms with Gasteiger partial charge in [-0.3, -0.25) is 9.63 Å². The minimum Gasteiger partial charge on any atom is -0.462 e. The maximum atomic E-state index is 12.2. The molecule has 1 aromatic carbocycles. The maximum Gasteiger partial charge on any atom is 0.348 e. The first-order valence-corrected chi connectivity index (χ1v) is 9.40. The van der Waals surface area contributed by atoms with Gasteiger partial charge in [-0.2, -0.15) is 0 Å². The molecule has 2 heterocycles. The van der Waals surface area contributed by atoms with Crippen LogP contribution in [-0.2, 0) is 9.57 Å². The number of nitrogens with one attached hydrogen (secondary N) is 2. The van der Waals surface area contributed by atoms with E-state index in [0.29, 0.717) is 33.4 Å². The monoisotopic (exact) mass is 400 g/mol. The normalized spacial score (nSPS) is 10.7. The Balaban J connectivity index is 2.02. The summed E-state index contributed by atoms with van der Waals surface area (Å²) < 4.78 is 5.13. The van der Waals surface area contributed by atoms with Gasteiger partial charge in [-0.25, -0.2) is 20.2 Å². The molecule has 3 rings (SSSR count). The number of benzene rings is 1. The first-order valence-electron chi connectivity index (χ1n) is 8.58. The van der Waals surface area contributed by atoms with Crippen LogP contribution >= 0.6 is 11.3 Å². The van der Waals surface area contributed by atoms with E-state index in [1.165, 1.54) is 24.8 Å². The van der Waals surface area contributed by atoms with Gasteiger partial charge in [0.1, 0.15) is 21.9 Å². The third-order valence-corrected chi connectivity index (χ3v) is 5.32. The van der Waals surface area contributed by atoms with Gasteiger partial charge in [0.15, 0.2) is 0 Å². The number of hydrogen-bond donors (Lipinski definition) is 2. The number of anilines is 2. The predicted molar refractivity (Wildman–Crippen MR) is 107 cm³/mol. The Bertz CT molecular complexity index is 1050. The van der Waals surface area contributed by atoms with Crippen molar-refractivity contribution in [2.24, 2.45) is 0 Å². The molecule has 0 spiro atoms. The zero-order chi connectivity index (χ0) is 20.3. The molecule has 0 saturated heterocycles. The highest BCUT2D eigenvalue weighted by molar-refractivity contribution is 7.20. The molecule has 28 heavy (non-hydrogen) atoms. The second kappa shape index (κ2) is 8.32. The van der Waals surface area contributed by atoms with Crippen molar-refractivity contribution < 1.29 is 19.2 Å². The van der Waals surface area contributed by atoms with Crippen molar-refractivity contribution in [3.63, 3.8) is 0 Å². The number of aryl methyl sites for hydroxylation is 2. The van der Waals surface area contributed by atoms with Crippen LogP contribution in [0.3, 0.4) is 0 Å². The number of esters is 1. The lowest BCUT2D eigenvalue weighted by Crippen LogP contribution is -2.21. The molecule has 0 radical (unpaired) electrons.